The molecule has 8 aromatic heterocycles. The van der Waals surface area contributed by atoms with Crippen LogP contribution in [0.3, 0.4) is 0 Å². The third-order valence-electron chi connectivity index (χ3n) is 10.2. The molecular weight excluding hydrogens is 812 g/mol. The first kappa shape index (κ1) is 40.3. The van der Waals surface area contributed by atoms with Gasteiger partial charge in [-0.25, -0.2) is 28.7 Å². The number of aromatic amines is 2. The lowest BCUT2D eigenvalue weighted by atomic mass is 10.0. The zero-order valence-electron chi connectivity index (χ0n) is 33.0. The maximum atomic E-state index is 14.6. The highest BCUT2D eigenvalue weighted by Gasteiger charge is 2.30. The van der Waals surface area contributed by atoms with Crippen LogP contribution in [0.4, 0.5) is 22.0 Å². The fourth-order valence-electron chi connectivity index (χ4n) is 7.19. The molecule has 15 heteroatoms. The molecule has 0 aliphatic rings. The van der Waals surface area contributed by atoms with E-state index in [9.17, 15) is 22.0 Å². The van der Waals surface area contributed by atoms with Gasteiger partial charge in [0.15, 0.2) is 11.3 Å². The number of aromatic nitrogens is 10. The number of pyridine rings is 6. The molecular formula is C48H33F5N10. The molecule has 310 valence electrons. The van der Waals surface area contributed by atoms with Crippen molar-refractivity contribution in [1.29, 1.82) is 0 Å². The number of halogens is 5. The van der Waals surface area contributed by atoms with Gasteiger partial charge in [-0.2, -0.15) is 13.2 Å². The van der Waals surface area contributed by atoms with Gasteiger partial charge in [-0.1, -0.05) is 48.5 Å². The highest BCUT2D eigenvalue weighted by Crippen LogP contribution is 2.36. The highest BCUT2D eigenvalue weighted by molar-refractivity contribution is 5.90. The second-order valence-corrected chi connectivity index (χ2v) is 14.4. The van der Waals surface area contributed by atoms with Crippen LogP contribution >= 0.6 is 0 Å². The van der Waals surface area contributed by atoms with Crippen LogP contribution in [-0.4, -0.2) is 49.8 Å². The SMILES string of the molecule is Fc1cnccc1-c1cc2[nH]c(CCc3ccccc3)nc2nc1-c1cccnc1.Fc1cnccc1-c1cc2[nH]c(Cc3cccc(C(F)(F)F)c3)nc2nc1-c1cccnc1. The number of benzene rings is 2. The molecule has 0 aliphatic heterocycles. The molecule has 0 radical (unpaired) electrons. The van der Waals surface area contributed by atoms with E-state index in [2.05, 4.69) is 57.0 Å². The Morgan fingerprint density at radius 2 is 1.00 bits per heavy atom. The number of hydrogen-bond donors (Lipinski definition) is 2. The number of imidazole rings is 2. The molecule has 0 bridgehead atoms. The molecule has 8 heterocycles. The average Bonchev–Trinajstić information content (AvgIpc) is 3.91. The van der Waals surface area contributed by atoms with E-state index in [1.165, 1.54) is 24.0 Å². The monoisotopic (exact) mass is 844 g/mol. The second-order valence-electron chi connectivity index (χ2n) is 14.4. The summed E-state index contributed by atoms with van der Waals surface area (Å²) in [7, 11) is 0. The molecule has 2 aromatic carbocycles. The van der Waals surface area contributed by atoms with Gasteiger partial charge >= 0.3 is 6.18 Å². The first-order valence-corrected chi connectivity index (χ1v) is 19.7. The lowest BCUT2D eigenvalue weighted by Gasteiger charge is -2.09. The quantitative estimate of drug-likeness (QED) is 0.137. The highest BCUT2D eigenvalue weighted by atomic mass is 19.4. The van der Waals surface area contributed by atoms with E-state index in [4.69, 9.17) is 4.98 Å². The van der Waals surface area contributed by atoms with E-state index in [1.54, 1.807) is 67.4 Å². The van der Waals surface area contributed by atoms with E-state index in [1.807, 2.05) is 36.4 Å². The van der Waals surface area contributed by atoms with Crippen molar-refractivity contribution in [3.05, 3.63) is 193 Å². The van der Waals surface area contributed by atoms with Gasteiger partial charge in [-0.3, -0.25) is 19.9 Å². The maximum Gasteiger partial charge on any atom is 0.416 e. The second kappa shape index (κ2) is 17.5. The predicted octanol–water partition coefficient (Wildman–Crippen LogP) is 10.8. The summed E-state index contributed by atoms with van der Waals surface area (Å²) in [5, 5.41) is 0. The van der Waals surface area contributed by atoms with Gasteiger partial charge < -0.3 is 9.97 Å². The average molecular weight is 845 g/mol. The molecule has 0 atom stereocenters. The van der Waals surface area contributed by atoms with Gasteiger partial charge in [-0.05, 0) is 72.1 Å². The van der Waals surface area contributed by atoms with Crippen molar-refractivity contribution in [3.63, 3.8) is 0 Å². The van der Waals surface area contributed by atoms with E-state index in [-0.39, 0.29) is 6.42 Å². The van der Waals surface area contributed by atoms with Crippen LogP contribution in [0, 0.1) is 11.6 Å². The zero-order chi connectivity index (χ0) is 43.3. The lowest BCUT2D eigenvalue weighted by Crippen LogP contribution is -2.05. The first-order chi connectivity index (χ1) is 30.7. The smallest absolute Gasteiger partial charge is 0.341 e. The molecule has 0 amide bonds. The Kier molecular flexibility index (Phi) is 11.2. The maximum absolute atomic E-state index is 14.6. The Morgan fingerprint density at radius 3 is 1.54 bits per heavy atom. The van der Waals surface area contributed by atoms with E-state index in [0.29, 0.717) is 67.4 Å². The fraction of sp³-hybridized carbons (Fsp3) is 0.0833. The molecule has 0 fully saturated rings. The van der Waals surface area contributed by atoms with Crippen LogP contribution in [0.2, 0.25) is 0 Å². The minimum atomic E-state index is -4.42. The van der Waals surface area contributed by atoms with Crippen molar-refractivity contribution < 1.29 is 22.0 Å². The third-order valence-corrected chi connectivity index (χ3v) is 10.2. The van der Waals surface area contributed by atoms with Gasteiger partial charge in [0, 0.05) is 83.4 Å². The Hall–Kier alpha value is -8.07. The van der Waals surface area contributed by atoms with Crippen molar-refractivity contribution >= 4 is 22.3 Å². The van der Waals surface area contributed by atoms with Gasteiger partial charge in [-0.15, -0.1) is 0 Å². The Labute approximate surface area is 356 Å². The van der Waals surface area contributed by atoms with Crippen LogP contribution in [-0.2, 0) is 25.4 Å². The van der Waals surface area contributed by atoms with Crippen LogP contribution in [0.5, 0.6) is 0 Å². The van der Waals surface area contributed by atoms with Crippen molar-refractivity contribution in [2.75, 3.05) is 0 Å². The largest absolute Gasteiger partial charge is 0.416 e. The van der Waals surface area contributed by atoms with E-state index >= 15 is 0 Å². The summed E-state index contributed by atoms with van der Waals surface area (Å²) in [6, 6.07) is 29.5. The summed E-state index contributed by atoms with van der Waals surface area (Å²) in [6.45, 7) is 0. The van der Waals surface area contributed by atoms with E-state index < -0.39 is 23.4 Å². The number of nitrogens with one attached hydrogen (secondary N) is 2. The number of alkyl halides is 3. The van der Waals surface area contributed by atoms with Crippen molar-refractivity contribution in [2.45, 2.75) is 25.4 Å². The van der Waals surface area contributed by atoms with Gasteiger partial charge in [0.2, 0.25) is 0 Å². The van der Waals surface area contributed by atoms with Gasteiger partial charge in [0.1, 0.15) is 23.3 Å². The molecule has 10 aromatic rings. The Balaban J connectivity index is 0.000000161. The zero-order valence-corrected chi connectivity index (χ0v) is 33.0. The molecule has 10 nitrogen and oxygen atoms in total. The lowest BCUT2D eigenvalue weighted by molar-refractivity contribution is -0.137. The number of fused-ring (bicyclic) bond motifs is 2. The van der Waals surface area contributed by atoms with Crippen molar-refractivity contribution in [3.8, 4) is 44.8 Å². The molecule has 0 saturated heterocycles. The summed E-state index contributed by atoms with van der Waals surface area (Å²) in [5.74, 6) is 0.396. The number of hydrogen-bond acceptors (Lipinski definition) is 8. The summed E-state index contributed by atoms with van der Waals surface area (Å²) in [4.78, 5) is 41.0. The van der Waals surface area contributed by atoms with Crippen LogP contribution in [0.1, 0.15) is 28.3 Å². The molecule has 0 spiro atoms. The predicted molar refractivity (Wildman–Crippen MR) is 229 cm³/mol. The molecule has 0 aliphatic carbocycles. The summed E-state index contributed by atoms with van der Waals surface area (Å²) < 4.78 is 68.3. The fourth-order valence-corrected chi connectivity index (χ4v) is 7.19. The topological polar surface area (TPSA) is 135 Å². The standard InChI is InChI=1S/C24H15F4N5.C24H18FN5/c25-19-13-30-8-6-17(19)18-11-20-23(33-22(18)15-4-2-7-29-12-15)32-21(31-20)10-14-3-1-5-16(9-14)24(26,27)28;25-20-15-27-12-10-18(20)19-13-21-24(30-23(19)17-7-4-11-26-14-17)29-22(28-21)9-8-16-5-2-1-3-6-16/h1-9,11-13H,10H2,(H,31,32,33);1-7,10-15H,8-9H2,(H,28,29,30). The number of H-pyrrole nitrogens is 2. The van der Waals surface area contributed by atoms with Crippen LogP contribution in [0.15, 0.2) is 153 Å². The molecule has 0 saturated carbocycles. The van der Waals surface area contributed by atoms with Gasteiger partial charge in [0.05, 0.1) is 40.4 Å². The van der Waals surface area contributed by atoms with Crippen LogP contribution < -0.4 is 0 Å². The minimum Gasteiger partial charge on any atom is -0.341 e. The number of aryl methyl sites for hydroxylation is 2. The first-order valence-electron chi connectivity index (χ1n) is 19.7. The number of nitrogens with zero attached hydrogens (tertiary/aromatic N) is 8. The molecule has 63 heavy (non-hydrogen) atoms. The van der Waals surface area contributed by atoms with Crippen LogP contribution in [0.25, 0.3) is 67.1 Å². The molecule has 10 rings (SSSR count). The Bertz CT molecular complexity index is 3170. The normalized spacial score (nSPS) is 11.4. The molecule has 2 N–H and O–H groups in total. The summed E-state index contributed by atoms with van der Waals surface area (Å²) >= 11 is 0. The van der Waals surface area contributed by atoms with Crippen molar-refractivity contribution in [1.82, 2.24) is 49.8 Å². The van der Waals surface area contributed by atoms with Gasteiger partial charge in [0.25, 0.3) is 0 Å². The summed E-state index contributed by atoms with van der Waals surface area (Å²) in [6.07, 6.45) is 9.44. The Morgan fingerprint density at radius 1 is 0.460 bits per heavy atom. The summed E-state index contributed by atoms with van der Waals surface area (Å²) in [5.41, 5.74) is 7.83. The molecule has 0 unspecified atom stereocenters. The third kappa shape index (κ3) is 9.03. The number of rotatable bonds is 9. The van der Waals surface area contributed by atoms with E-state index in [0.717, 1.165) is 48.1 Å². The van der Waals surface area contributed by atoms with Crippen molar-refractivity contribution in [2.24, 2.45) is 0 Å². The minimum absolute atomic E-state index is 0.154.